The predicted molar refractivity (Wildman–Crippen MR) is 288 cm³/mol. The second-order valence-electron chi connectivity index (χ2n) is 21.0. The highest BCUT2D eigenvalue weighted by Crippen LogP contribution is 2.49. The monoisotopic (exact) mass is 859 g/mol. The standard InChI is InChI=1S/C62H51B2N3/c1-61(2,3)44-28-32-46(33-29-44)65-52-24-14-13-21-48(52)63-50-22-15-23-51-60(50)67(54-26-16-25-53(65)58(54)63)57-39-43(41-19-11-8-12-20-41)38-56-59(57)64(51)49-36-27-42(40-17-9-7-10-18-40)37-55(49)66(56)47-34-30-45(31-35-47)62(4,5)6/h7-39H,1-6H3. The third-order valence-corrected chi connectivity index (χ3v) is 14.9. The van der Waals surface area contributed by atoms with Gasteiger partial charge in [0.1, 0.15) is 0 Å². The molecule has 0 amide bonds. The van der Waals surface area contributed by atoms with Gasteiger partial charge in [0, 0.05) is 51.2 Å². The molecule has 9 aromatic rings. The van der Waals surface area contributed by atoms with Gasteiger partial charge in [-0.1, -0.05) is 181 Å². The van der Waals surface area contributed by atoms with Crippen LogP contribution in [0.5, 0.6) is 0 Å². The lowest BCUT2D eigenvalue weighted by Crippen LogP contribution is -2.68. The summed E-state index contributed by atoms with van der Waals surface area (Å²) in [7, 11) is 0. The average Bonchev–Trinajstić information content (AvgIpc) is 3.35. The summed E-state index contributed by atoms with van der Waals surface area (Å²) in [5, 5.41) is 0. The van der Waals surface area contributed by atoms with E-state index in [1.165, 1.54) is 112 Å². The van der Waals surface area contributed by atoms with Crippen LogP contribution in [0, 0.1) is 0 Å². The van der Waals surface area contributed by atoms with E-state index < -0.39 is 0 Å². The minimum atomic E-state index is 0.00680. The fraction of sp³-hybridized carbons (Fsp3) is 0.129. The summed E-state index contributed by atoms with van der Waals surface area (Å²) in [6.45, 7) is 13.8. The van der Waals surface area contributed by atoms with Crippen LogP contribution in [0.2, 0.25) is 0 Å². The molecular formula is C62H51B2N3. The number of nitrogens with zero attached hydrogens (tertiary/aromatic N) is 3. The van der Waals surface area contributed by atoms with Gasteiger partial charge in [-0.25, -0.2) is 0 Å². The molecule has 5 heteroatoms. The summed E-state index contributed by atoms with van der Waals surface area (Å²) in [4.78, 5) is 7.73. The molecule has 0 aromatic heterocycles. The SMILES string of the molecule is CC(C)(C)c1ccc(N2c3ccccc3B3c4cccc5c4N(c4cccc2c43)c2cc(-c3ccccc3)cc3c2B5c2ccc(-c4ccccc4)cc2N3c2ccc(C(C)(C)C)cc2)cc1. The molecule has 4 aliphatic heterocycles. The van der Waals surface area contributed by atoms with E-state index in [0.717, 1.165) is 5.69 Å². The van der Waals surface area contributed by atoms with Gasteiger partial charge in [-0.3, -0.25) is 0 Å². The normalized spacial score (nSPS) is 14.0. The molecule has 0 N–H and O–H groups in total. The van der Waals surface area contributed by atoms with Crippen molar-refractivity contribution in [3.05, 3.63) is 211 Å². The quantitative estimate of drug-likeness (QED) is 0.163. The van der Waals surface area contributed by atoms with Crippen molar-refractivity contribution in [2.24, 2.45) is 0 Å². The zero-order valence-corrected chi connectivity index (χ0v) is 39.0. The van der Waals surface area contributed by atoms with Crippen LogP contribution < -0.4 is 47.5 Å². The van der Waals surface area contributed by atoms with Crippen LogP contribution in [-0.2, 0) is 10.8 Å². The minimum Gasteiger partial charge on any atom is -0.312 e. The molecule has 0 atom stereocenters. The van der Waals surface area contributed by atoms with E-state index in [2.05, 4.69) is 256 Å². The molecule has 67 heavy (non-hydrogen) atoms. The summed E-state index contributed by atoms with van der Waals surface area (Å²) in [6, 6.07) is 75.9. The van der Waals surface area contributed by atoms with Crippen LogP contribution in [0.3, 0.4) is 0 Å². The zero-order chi connectivity index (χ0) is 45.3. The largest absolute Gasteiger partial charge is 0.312 e. The second kappa shape index (κ2) is 14.5. The molecule has 0 bridgehead atoms. The topological polar surface area (TPSA) is 9.72 Å². The second-order valence-corrected chi connectivity index (χ2v) is 21.0. The molecule has 0 unspecified atom stereocenters. The van der Waals surface area contributed by atoms with Gasteiger partial charge in [-0.2, -0.15) is 0 Å². The van der Waals surface area contributed by atoms with Crippen LogP contribution in [0.4, 0.5) is 51.2 Å². The van der Waals surface area contributed by atoms with Crippen molar-refractivity contribution in [1.29, 1.82) is 0 Å². The summed E-state index contributed by atoms with van der Waals surface area (Å²) < 4.78 is 0. The van der Waals surface area contributed by atoms with Gasteiger partial charge in [0.25, 0.3) is 13.4 Å². The molecule has 13 rings (SSSR count). The highest BCUT2D eigenvalue weighted by atomic mass is 15.2. The number of hydrogen-bond donors (Lipinski definition) is 0. The molecule has 4 aliphatic rings. The molecule has 0 spiro atoms. The first kappa shape index (κ1) is 39.8. The Balaban J connectivity index is 1.11. The molecule has 0 aliphatic carbocycles. The Labute approximate surface area is 396 Å². The molecule has 4 heterocycles. The van der Waals surface area contributed by atoms with E-state index in [1.54, 1.807) is 0 Å². The number of hydrogen-bond acceptors (Lipinski definition) is 3. The van der Waals surface area contributed by atoms with E-state index in [-0.39, 0.29) is 24.3 Å². The maximum absolute atomic E-state index is 2.65. The van der Waals surface area contributed by atoms with Crippen LogP contribution in [0.1, 0.15) is 52.7 Å². The van der Waals surface area contributed by atoms with Crippen LogP contribution in [-0.4, -0.2) is 13.4 Å². The van der Waals surface area contributed by atoms with Crippen LogP contribution in [0.25, 0.3) is 22.3 Å². The van der Waals surface area contributed by atoms with Crippen LogP contribution in [0.15, 0.2) is 200 Å². The third-order valence-electron chi connectivity index (χ3n) is 14.9. The van der Waals surface area contributed by atoms with Crippen molar-refractivity contribution in [2.45, 2.75) is 52.4 Å². The molecule has 0 saturated carbocycles. The van der Waals surface area contributed by atoms with Crippen molar-refractivity contribution in [3.8, 4) is 22.3 Å². The average molecular weight is 860 g/mol. The molecular weight excluding hydrogens is 808 g/mol. The summed E-state index contributed by atoms with van der Waals surface area (Å²) in [6.07, 6.45) is 0. The molecule has 9 aromatic carbocycles. The first-order valence-electron chi connectivity index (χ1n) is 23.9. The summed E-state index contributed by atoms with van der Waals surface area (Å²) in [5.41, 5.74) is 26.7. The van der Waals surface area contributed by atoms with E-state index >= 15 is 0 Å². The maximum atomic E-state index is 2.65. The van der Waals surface area contributed by atoms with Crippen molar-refractivity contribution in [1.82, 2.24) is 0 Å². The van der Waals surface area contributed by atoms with Crippen molar-refractivity contribution in [3.63, 3.8) is 0 Å². The fourth-order valence-corrected chi connectivity index (χ4v) is 11.7. The van der Waals surface area contributed by atoms with Crippen molar-refractivity contribution in [2.75, 3.05) is 14.7 Å². The smallest absolute Gasteiger partial charge is 0.252 e. The lowest BCUT2D eigenvalue weighted by atomic mass is 9.29. The third kappa shape index (κ3) is 6.00. The predicted octanol–water partition coefficient (Wildman–Crippen LogP) is 12.3. The van der Waals surface area contributed by atoms with Gasteiger partial charge < -0.3 is 14.7 Å². The van der Waals surface area contributed by atoms with Gasteiger partial charge in [0.2, 0.25) is 0 Å². The van der Waals surface area contributed by atoms with E-state index in [9.17, 15) is 0 Å². The number of anilines is 9. The molecule has 0 saturated heterocycles. The molecule has 0 radical (unpaired) electrons. The Morgan fingerprint density at radius 2 is 0.716 bits per heavy atom. The first-order chi connectivity index (χ1) is 32.5. The van der Waals surface area contributed by atoms with Gasteiger partial charge in [-0.05, 0) is 138 Å². The maximum Gasteiger partial charge on any atom is 0.252 e. The molecule has 3 nitrogen and oxygen atoms in total. The molecule has 0 fully saturated rings. The van der Waals surface area contributed by atoms with Gasteiger partial charge in [0.05, 0.1) is 0 Å². The highest BCUT2D eigenvalue weighted by Gasteiger charge is 2.50. The number of rotatable bonds is 4. The van der Waals surface area contributed by atoms with Gasteiger partial charge >= 0.3 is 0 Å². The Morgan fingerprint density at radius 3 is 1.30 bits per heavy atom. The Morgan fingerprint density at radius 1 is 0.299 bits per heavy atom. The minimum absolute atomic E-state index is 0.00680. The van der Waals surface area contributed by atoms with Crippen LogP contribution >= 0.6 is 0 Å². The van der Waals surface area contributed by atoms with Gasteiger partial charge in [-0.15, -0.1) is 0 Å². The Bertz CT molecular complexity index is 3440. The summed E-state index contributed by atoms with van der Waals surface area (Å²) in [5.74, 6) is 0. The Hall–Kier alpha value is -7.49. The van der Waals surface area contributed by atoms with E-state index in [1.807, 2.05) is 0 Å². The van der Waals surface area contributed by atoms with E-state index in [4.69, 9.17) is 0 Å². The lowest BCUT2D eigenvalue weighted by Gasteiger charge is -2.49. The van der Waals surface area contributed by atoms with E-state index in [0.29, 0.717) is 0 Å². The Kier molecular flexibility index (Phi) is 8.62. The first-order valence-corrected chi connectivity index (χ1v) is 23.9. The van der Waals surface area contributed by atoms with Gasteiger partial charge in [0.15, 0.2) is 0 Å². The fourth-order valence-electron chi connectivity index (χ4n) is 11.7. The highest BCUT2D eigenvalue weighted by molar-refractivity contribution is 7.04. The number of fused-ring (bicyclic) bond motifs is 8. The zero-order valence-electron chi connectivity index (χ0n) is 39.0. The molecule has 320 valence electrons. The number of benzene rings is 9. The number of para-hydroxylation sites is 2. The van der Waals surface area contributed by atoms with Crippen molar-refractivity contribution >= 4 is 97.4 Å². The lowest BCUT2D eigenvalue weighted by molar-refractivity contribution is 0.590. The summed E-state index contributed by atoms with van der Waals surface area (Å²) >= 11 is 0. The van der Waals surface area contributed by atoms with Crippen molar-refractivity contribution < 1.29 is 0 Å².